The van der Waals surface area contributed by atoms with Crippen LogP contribution in [0.1, 0.15) is 36.1 Å². The predicted octanol–water partition coefficient (Wildman–Crippen LogP) is 5.84. The highest BCUT2D eigenvalue weighted by Gasteiger charge is 2.29. The van der Waals surface area contributed by atoms with Gasteiger partial charge in [0.05, 0.1) is 11.4 Å². The van der Waals surface area contributed by atoms with E-state index in [2.05, 4.69) is 37.0 Å². The molecule has 0 saturated heterocycles. The van der Waals surface area contributed by atoms with E-state index in [1.54, 1.807) is 12.1 Å². The molecule has 4 aromatic rings. The van der Waals surface area contributed by atoms with Crippen LogP contribution in [0.25, 0.3) is 21.8 Å². The van der Waals surface area contributed by atoms with Crippen molar-refractivity contribution in [2.24, 2.45) is 0 Å². The van der Waals surface area contributed by atoms with E-state index in [0.717, 1.165) is 44.1 Å². The van der Waals surface area contributed by atoms with E-state index in [0.29, 0.717) is 13.2 Å². The molecule has 0 saturated carbocycles. The van der Waals surface area contributed by atoms with Crippen LogP contribution in [0.2, 0.25) is 0 Å². The average Bonchev–Trinajstić information content (AvgIpc) is 3.23. The second kappa shape index (κ2) is 10.5. The first kappa shape index (κ1) is 25.4. The smallest absolute Gasteiger partial charge is 0.243 e. The minimum atomic E-state index is -3.79. The first-order chi connectivity index (χ1) is 16.8. The third-order valence-corrected chi connectivity index (χ3v) is 8.24. The van der Waals surface area contributed by atoms with Gasteiger partial charge in [0.15, 0.2) is 6.29 Å². The molecule has 6 nitrogen and oxygen atoms in total. The Morgan fingerprint density at radius 1 is 0.943 bits per heavy atom. The van der Waals surface area contributed by atoms with Crippen molar-refractivity contribution < 1.29 is 17.9 Å². The van der Waals surface area contributed by atoms with E-state index in [1.807, 2.05) is 45.0 Å². The molecule has 0 unspecified atom stereocenters. The molecule has 0 bridgehead atoms. The Hall–Kier alpha value is -2.71. The van der Waals surface area contributed by atoms with Gasteiger partial charge in [-0.25, -0.2) is 8.42 Å². The van der Waals surface area contributed by atoms with E-state index < -0.39 is 16.3 Å². The van der Waals surface area contributed by atoms with Crippen LogP contribution in [0.4, 0.5) is 0 Å². The molecule has 4 rings (SSSR count). The second-order valence-electron chi connectivity index (χ2n) is 8.85. The van der Waals surface area contributed by atoms with Crippen LogP contribution in [0, 0.1) is 20.8 Å². The Morgan fingerprint density at radius 3 is 2.26 bits per heavy atom. The predicted molar refractivity (Wildman–Crippen MR) is 141 cm³/mol. The van der Waals surface area contributed by atoms with Gasteiger partial charge in [0, 0.05) is 41.6 Å². The highest BCUT2D eigenvalue weighted by molar-refractivity contribution is 7.89. The maximum Gasteiger partial charge on any atom is 0.243 e. The summed E-state index contributed by atoms with van der Waals surface area (Å²) in [5, 5.41) is 2.27. The van der Waals surface area contributed by atoms with Gasteiger partial charge in [-0.05, 0) is 69.5 Å². The third kappa shape index (κ3) is 5.14. The zero-order valence-corrected chi connectivity index (χ0v) is 21.9. The molecule has 7 heteroatoms. The van der Waals surface area contributed by atoms with Gasteiger partial charge in [0.2, 0.25) is 10.0 Å². The van der Waals surface area contributed by atoms with E-state index >= 15 is 0 Å². The van der Waals surface area contributed by atoms with Gasteiger partial charge in [-0.2, -0.15) is 4.31 Å². The van der Waals surface area contributed by atoms with Crippen molar-refractivity contribution in [3.8, 4) is 0 Å². The van der Waals surface area contributed by atoms with Gasteiger partial charge in [0.1, 0.15) is 0 Å². The fraction of sp³-hybridized carbons (Fsp3) is 0.357. The summed E-state index contributed by atoms with van der Waals surface area (Å²) in [4.78, 5) is 3.78. The SMILES string of the molecule is CCOC(CN(Cc1cc(C)c2[nH]c3ccccc3c2c1C)S(=O)(=O)c1ccc(C)cc1)OCC. The van der Waals surface area contributed by atoms with Crippen molar-refractivity contribution in [1.29, 1.82) is 0 Å². The first-order valence-electron chi connectivity index (χ1n) is 12.1. The summed E-state index contributed by atoms with van der Waals surface area (Å²) >= 11 is 0. The van der Waals surface area contributed by atoms with Crippen LogP contribution >= 0.6 is 0 Å². The summed E-state index contributed by atoms with van der Waals surface area (Å²) in [7, 11) is -3.79. The Labute approximate surface area is 207 Å². The molecule has 3 aromatic carbocycles. The molecule has 0 fully saturated rings. The van der Waals surface area contributed by atoms with E-state index in [4.69, 9.17) is 9.47 Å². The number of hydrogen-bond acceptors (Lipinski definition) is 4. The summed E-state index contributed by atoms with van der Waals surface area (Å²) in [5.41, 5.74) is 6.27. The minimum absolute atomic E-state index is 0.0995. The maximum atomic E-state index is 13.8. The number of nitrogens with one attached hydrogen (secondary N) is 1. The number of para-hydroxylation sites is 1. The number of nitrogens with zero attached hydrogens (tertiary/aromatic N) is 1. The first-order valence-corrected chi connectivity index (χ1v) is 13.5. The number of rotatable bonds is 10. The number of aryl methyl sites for hydroxylation is 3. The highest BCUT2D eigenvalue weighted by Crippen LogP contribution is 2.33. The van der Waals surface area contributed by atoms with Crippen LogP contribution in [0.3, 0.4) is 0 Å². The number of aromatic nitrogens is 1. The molecule has 0 aliphatic carbocycles. The summed E-state index contributed by atoms with van der Waals surface area (Å²) < 4.78 is 40.6. The number of H-pyrrole nitrogens is 1. The molecule has 1 N–H and O–H groups in total. The Kier molecular flexibility index (Phi) is 7.62. The molecule has 0 aliphatic heterocycles. The minimum Gasteiger partial charge on any atom is -0.354 e. The van der Waals surface area contributed by atoms with Gasteiger partial charge >= 0.3 is 0 Å². The number of benzene rings is 3. The van der Waals surface area contributed by atoms with Crippen LogP contribution in [-0.4, -0.2) is 43.8 Å². The molecule has 1 heterocycles. The summed E-state index contributed by atoms with van der Waals surface area (Å²) in [5.74, 6) is 0. The number of hydrogen-bond donors (Lipinski definition) is 1. The molecular formula is C28H34N2O4S. The summed E-state index contributed by atoms with van der Waals surface area (Å²) in [6, 6.07) is 17.3. The fourth-order valence-electron chi connectivity index (χ4n) is 4.58. The molecule has 0 radical (unpaired) electrons. The van der Waals surface area contributed by atoms with Crippen LogP contribution in [-0.2, 0) is 26.0 Å². The molecular weight excluding hydrogens is 460 g/mol. The van der Waals surface area contributed by atoms with Gasteiger partial charge in [0.25, 0.3) is 0 Å². The van der Waals surface area contributed by atoms with Gasteiger partial charge in [-0.15, -0.1) is 0 Å². The molecule has 35 heavy (non-hydrogen) atoms. The molecule has 186 valence electrons. The molecule has 0 atom stereocenters. The van der Waals surface area contributed by atoms with Gasteiger partial charge < -0.3 is 14.5 Å². The molecule has 0 spiro atoms. The topological polar surface area (TPSA) is 71.6 Å². The van der Waals surface area contributed by atoms with E-state index in [1.165, 1.54) is 4.31 Å². The number of aromatic amines is 1. The fourth-order valence-corrected chi connectivity index (χ4v) is 5.99. The number of sulfonamides is 1. The van der Waals surface area contributed by atoms with Gasteiger partial charge in [-0.3, -0.25) is 0 Å². The van der Waals surface area contributed by atoms with Crippen molar-refractivity contribution in [1.82, 2.24) is 9.29 Å². The standard InChI is InChI=1S/C28H34N2O4S/c1-6-33-26(34-7-2)18-30(35(31,32)23-14-12-19(3)13-15-23)17-22-16-20(4)28-27(21(22)5)24-10-8-9-11-25(24)29-28/h8-16,26,29H,6-7,17-18H2,1-5H3. The lowest BCUT2D eigenvalue weighted by Crippen LogP contribution is -2.39. The van der Waals surface area contributed by atoms with Gasteiger partial charge in [-0.1, -0.05) is 42.0 Å². The van der Waals surface area contributed by atoms with Crippen molar-refractivity contribution in [3.05, 3.63) is 76.9 Å². The zero-order valence-electron chi connectivity index (χ0n) is 21.1. The Balaban J connectivity index is 1.81. The van der Waals surface area contributed by atoms with E-state index in [-0.39, 0.29) is 18.0 Å². The molecule has 1 aromatic heterocycles. The zero-order chi connectivity index (χ0) is 25.2. The molecule has 0 aliphatic rings. The van der Waals surface area contributed by atoms with Crippen molar-refractivity contribution in [2.75, 3.05) is 19.8 Å². The van der Waals surface area contributed by atoms with Crippen molar-refractivity contribution >= 4 is 31.8 Å². The largest absolute Gasteiger partial charge is 0.354 e. The Bertz CT molecular complexity index is 1420. The lowest BCUT2D eigenvalue weighted by Gasteiger charge is -2.28. The summed E-state index contributed by atoms with van der Waals surface area (Å²) in [6.07, 6.45) is -0.650. The van der Waals surface area contributed by atoms with Crippen LogP contribution < -0.4 is 0 Å². The lowest BCUT2D eigenvalue weighted by atomic mass is 9.98. The van der Waals surface area contributed by atoms with Crippen molar-refractivity contribution in [3.63, 3.8) is 0 Å². The second-order valence-corrected chi connectivity index (χ2v) is 10.8. The van der Waals surface area contributed by atoms with Crippen LogP contribution in [0.15, 0.2) is 59.5 Å². The van der Waals surface area contributed by atoms with Crippen LogP contribution in [0.5, 0.6) is 0 Å². The normalized spacial score (nSPS) is 12.4. The number of ether oxygens (including phenoxy) is 2. The average molecular weight is 495 g/mol. The van der Waals surface area contributed by atoms with Crippen molar-refractivity contribution in [2.45, 2.75) is 52.3 Å². The quantitative estimate of drug-likeness (QED) is 0.281. The third-order valence-electron chi connectivity index (χ3n) is 6.41. The maximum absolute atomic E-state index is 13.8. The Morgan fingerprint density at radius 2 is 1.60 bits per heavy atom. The number of fused-ring (bicyclic) bond motifs is 3. The monoisotopic (exact) mass is 494 g/mol. The summed E-state index contributed by atoms with van der Waals surface area (Å²) in [6.45, 7) is 11.0. The molecule has 0 amide bonds. The van der Waals surface area contributed by atoms with E-state index in [9.17, 15) is 8.42 Å². The lowest BCUT2D eigenvalue weighted by molar-refractivity contribution is -0.140. The highest BCUT2D eigenvalue weighted by atomic mass is 32.2.